The van der Waals surface area contributed by atoms with Crippen LogP contribution in [0.5, 0.6) is 0 Å². The van der Waals surface area contributed by atoms with Crippen LogP contribution in [0, 0.1) is 0 Å². The molecule has 0 radical (unpaired) electrons. The third-order valence-corrected chi connectivity index (χ3v) is 2.63. The Kier molecular flexibility index (Phi) is 4.15. The van der Waals surface area contributed by atoms with Gasteiger partial charge in [-0.1, -0.05) is 31.2 Å². The Balaban J connectivity index is 2.70. The van der Waals surface area contributed by atoms with Crippen molar-refractivity contribution >= 4 is 11.8 Å². The van der Waals surface area contributed by atoms with Crippen LogP contribution in [-0.4, -0.2) is 5.75 Å². The molecule has 0 fully saturated rings. The summed E-state index contributed by atoms with van der Waals surface area (Å²) in [6, 6.07) is 0. The number of hydrogen-bond donors (Lipinski definition) is 0. The zero-order chi connectivity index (χ0) is 8.81. The highest BCUT2D eigenvalue weighted by Crippen LogP contribution is 2.27. The summed E-state index contributed by atoms with van der Waals surface area (Å²) >= 11 is 1.60. The summed E-state index contributed by atoms with van der Waals surface area (Å²) < 4.78 is 13.2. The molecule has 0 heterocycles. The van der Waals surface area contributed by atoms with Gasteiger partial charge in [-0.05, 0) is 12.2 Å². The van der Waals surface area contributed by atoms with E-state index in [0.717, 1.165) is 17.1 Å². The van der Waals surface area contributed by atoms with Gasteiger partial charge in [0.2, 0.25) is 0 Å². The van der Waals surface area contributed by atoms with Crippen molar-refractivity contribution in [3.05, 3.63) is 35.0 Å². The van der Waals surface area contributed by atoms with Crippen LogP contribution in [0.4, 0.5) is 4.39 Å². The van der Waals surface area contributed by atoms with Crippen molar-refractivity contribution in [3.8, 4) is 0 Å². The average molecular weight is 184 g/mol. The highest BCUT2D eigenvalue weighted by molar-refractivity contribution is 8.03. The fourth-order valence-electron chi connectivity index (χ4n) is 1.04. The van der Waals surface area contributed by atoms with Crippen LogP contribution in [0.1, 0.15) is 19.8 Å². The minimum atomic E-state index is 0.0300. The van der Waals surface area contributed by atoms with Crippen molar-refractivity contribution < 1.29 is 4.39 Å². The molecule has 1 rings (SSSR count). The van der Waals surface area contributed by atoms with E-state index < -0.39 is 0 Å². The lowest BCUT2D eigenvalue weighted by molar-refractivity contribution is 0.610. The number of halogens is 1. The summed E-state index contributed by atoms with van der Waals surface area (Å²) in [5.74, 6) is 0.975. The van der Waals surface area contributed by atoms with Crippen molar-refractivity contribution in [2.45, 2.75) is 19.8 Å². The second-order valence-corrected chi connectivity index (χ2v) is 3.88. The molecule has 0 N–H and O–H groups in total. The molecule has 0 aliphatic heterocycles. The fourth-order valence-corrected chi connectivity index (χ4v) is 1.84. The van der Waals surface area contributed by atoms with E-state index in [2.05, 4.69) is 0 Å². The molecule has 0 saturated carbocycles. The number of thioether (sulfide) groups is 1. The first-order valence-corrected chi connectivity index (χ1v) is 5.15. The van der Waals surface area contributed by atoms with Crippen LogP contribution in [0.15, 0.2) is 35.0 Å². The predicted molar refractivity (Wildman–Crippen MR) is 53.8 cm³/mol. The third-order valence-electron chi connectivity index (χ3n) is 1.60. The first kappa shape index (κ1) is 9.59. The van der Waals surface area contributed by atoms with E-state index in [4.69, 9.17) is 0 Å². The molecule has 0 unspecified atom stereocenters. The van der Waals surface area contributed by atoms with Gasteiger partial charge in [-0.15, -0.1) is 11.8 Å². The van der Waals surface area contributed by atoms with Gasteiger partial charge >= 0.3 is 0 Å². The largest absolute Gasteiger partial charge is 0.211 e. The summed E-state index contributed by atoms with van der Waals surface area (Å²) in [7, 11) is 0. The Morgan fingerprint density at radius 2 is 2.00 bits per heavy atom. The third kappa shape index (κ3) is 2.86. The fraction of sp³-hybridized carbons (Fsp3) is 0.400. The van der Waals surface area contributed by atoms with Crippen LogP contribution in [-0.2, 0) is 0 Å². The Bertz CT molecular complexity index is 226. The minimum absolute atomic E-state index is 0.0300. The molecule has 0 spiro atoms. The Hall–Kier alpha value is -0.500. The molecule has 0 nitrogen and oxygen atoms in total. The lowest BCUT2D eigenvalue weighted by Crippen LogP contribution is -1.84. The van der Waals surface area contributed by atoms with Gasteiger partial charge in [0.1, 0.15) is 5.83 Å². The molecule has 2 heteroatoms. The van der Waals surface area contributed by atoms with E-state index in [1.165, 1.54) is 0 Å². The monoisotopic (exact) mass is 184 g/mol. The lowest BCUT2D eigenvalue weighted by Gasteiger charge is -2.05. The molecule has 0 aromatic carbocycles. The Morgan fingerprint density at radius 1 is 1.33 bits per heavy atom. The molecule has 0 atom stereocenters. The second-order valence-electron chi connectivity index (χ2n) is 2.53. The summed E-state index contributed by atoms with van der Waals surface area (Å²) in [5.41, 5.74) is 0. The van der Waals surface area contributed by atoms with Gasteiger partial charge in [0, 0.05) is 11.3 Å². The molecule has 1 aliphatic rings. The van der Waals surface area contributed by atoms with Crippen LogP contribution in [0.3, 0.4) is 0 Å². The van der Waals surface area contributed by atoms with Gasteiger partial charge in [-0.25, -0.2) is 4.39 Å². The molecule has 0 saturated heterocycles. The first-order chi connectivity index (χ1) is 5.84. The first-order valence-electron chi connectivity index (χ1n) is 4.16. The predicted octanol–water partition coefficient (Wildman–Crippen LogP) is 3.83. The van der Waals surface area contributed by atoms with Crippen molar-refractivity contribution in [1.82, 2.24) is 0 Å². The van der Waals surface area contributed by atoms with Crippen molar-refractivity contribution in [3.63, 3.8) is 0 Å². The summed E-state index contributed by atoms with van der Waals surface area (Å²) in [6.07, 6.45) is 8.91. The lowest BCUT2D eigenvalue weighted by atomic mass is 10.2. The standard InChI is InChI=1S/C10H13FS/c1-2-12-10-8-6-4-3-5-7-9(10)11/h3-6H,2,7-8H2,1H3/b5-3-,6-4?,10-9-. The average Bonchev–Trinajstić information content (AvgIpc) is 2.05. The maximum atomic E-state index is 13.2. The summed E-state index contributed by atoms with van der Waals surface area (Å²) in [5, 5.41) is 0. The SMILES string of the molecule is CCS/C1=C(\F)C/C=C\C=CC1. The van der Waals surface area contributed by atoms with Crippen LogP contribution < -0.4 is 0 Å². The number of allylic oxidation sites excluding steroid dienone is 6. The van der Waals surface area contributed by atoms with E-state index in [0.29, 0.717) is 6.42 Å². The van der Waals surface area contributed by atoms with Crippen molar-refractivity contribution in [2.24, 2.45) is 0 Å². The zero-order valence-electron chi connectivity index (χ0n) is 7.22. The van der Waals surface area contributed by atoms with Crippen LogP contribution in [0.2, 0.25) is 0 Å². The van der Waals surface area contributed by atoms with E-state index in [-0.39, 0.29) is 5.83 Å². The van der Waals surface area contributed by atoms with E-state index in [1.807, 2.05) is 31.2 Å². The molecule has 66 valence electrons. The molecule has 0 amide bonds. The minimum Gasteiger partial charge on any atom is -0.211 e. The van der Waals surface area contributed by atoms with Gasteiger partial charge < -0.3 is 0 Å². The normalized spacial score (nSPS) is 26.5. The van der Waals surface area contributed by atoms with E-state index in [9.17, 15) is 4.39 Å². The molecule has 1 aliphatic carbocycles. The van der Waals surface area contributed by atoms with Crippen LogP contribution in [0.25, 0.3) is 0 Å². The highest BCUT2D eigenvalue weighted by Gasteiger charge is 2.04. The van der Waals surface area contributed by atoms with Crippen molar-refractivity contribution in [1.29, 1.82) is 0 Å². The van der Waals surface area contributed by atoms with Crippen LogP contribution >= 0.6 is 11.8 Å². The zero-order valence-corrected chi connectivity index (χ0v) is 8.03. The maximum absolute atomic E-state index is 13.2. The number of hydrogen-bond acceptors (Lipinski definition) is 1. The molecule has 0 aromatic rings. The molecular formula is C10H13FS. The topological polar surface area (TPSA) is 0 Å². The van der Waals surface area contributed by atoms with E-state index in [1.54, 1.807) is 11.8 Å². The van der Waals surface area contributed by atoms with Gasteiger partial charge in [0.25, 0.3) is 0 Å². The van der Waals surface area contributed by atoms with Gasteiger partial charge in [-0.3, -0.25) is 0 Å². The molecule has 0 aromatic heterocycles. The van der Waals surface area contributed by atoms with Gasteiger partial charge in [-0.2, -0.15) is 0 Å². The Labute approximate surface area is 77.2 Å². The van der Waals surface area contributed by atoms with Crippen molar-refractivity contribution in [2.75, 3.05) is 5.75 Å². The van der Waals surface area contributed by atoms with Gasteiger partial charge in [0.05, 0.1) is 0 Å². The molecule has 12 heavy (non-hydrogen) atoms. The highest BCUT2D eigenvalue weighted by atomic mass is 32.2. The molecular weight excluding hydrogens is 171 g/mol. The maximum Gasteiger partial charge on any atom is 0.113 e. The van der Waals surface area contributed by atoms with E-state index >= 15 is 0 Å². The van der Waals surface area contributed by atoms with Gasteiger partial charge in [0.15, 0.2) is 0 Å². The summed E-state index contributed by atoms with van der Waals surface area (Å²) in [4.78, 5) is 0.887. The Morgan fingerprint density at radius 3 is 2.67 bits per heavy atom. The number of rotatable bonds is 2. The summed E-state index contributed by atoms with van der Waals surface area (Å²) in [6.45, 7) is 2.04. The molecule has 0 bridgehead atoms. The second kappa shape index (κ2) is 5.20. The smallest absolute Gasteiger partial charge is 0.113 e. The quantitative estimate of drug-likeness (QED) is 0.628.